The van der Waals surface area contributed by atoms with Crippen molar-refractivity contribution in [1.29, 1.82) is 10.5 Å². The molecule has 7 nitrogen and oxygen atoms in total. The summed E-state index contributed by atoms with van der Waals surface area (Å²) in [5, 5.41) is 20.2. The van der Waals surface area contributed by atoms with Crippen molar-refractivity contribution in [2.24, 2.45) is 21.6 Å². The summed E-state index contributed by atoms with van der Waals surface area (Å²) in [7, 11) is 0. The first-order chi connectivity index (χ1) is 14.1. The first kappa shape index (κ1) is 17.7. The van der Waals surface area contributed by atoms with Crippen molar-refractivity contribution in [3.8, 4) is 17.9 Å². The Balaban J connectivity index is 1.50. The molecule has 1 saturated heterocycles. The van der Waals surface area contributed by atoms with Crippen molar-refractivity contribution in [2.45, 2.75) is 18.4 Å². The topological polar surface area (TPSA) is 114 Å². The number of nitrogens with zero attached hydrogens (tertiary/aromatic N) is 3. The summed E-state index contributed by atoms with van der Waals surface area (Å²) in [5.41, 5.74) is 5.40. The molecule has 0 radical (unpaired) electrons. The van der Waals surface area contributed by atoms with Crippen LogP contribution in [0, 0.1) is 33.5 Å². The van der Waals surface area contributed by atoms with Crippen LogP contribution in [0.3, 0.4) is 0 Å². The summed E-state index contributed by atoms with van der Waals surface area (Å²) in [4.78, 5) is 4.28. The van der Waals surface area contributed by atoms with E-state index < -0.39 is 22.7 Å². The largest absolute Gasteiger partial charge is 0.489 e. The minimum Gasteiger partial charge on any atom is -0.489 e. The molecule has 29 heavy (non-hydrogen) atoms. The van der Waals surface area contributed by atoms with E-state index in [0.29, 0.717) is 25.6 Å². The van der Waals surface area contributed by atoms with E-state index in [-0.39, 0.29) is 5.84 Å². The Kier molecular flexibility index (Phi) is 3.69. The van der Waals surface area contributed by atoms with Gasteiger partial charge in [0, 0.05) is 5.92 Å². The smallest absolute Gasteiger partial charge is 0.293 e. The summed E-state index contributed by atoms with van der Waals surface area (Å²) in [6.07, 6.45) is 0. The molecule has 3 atom stereocenters. The van der Waals surface area contributed by atoms with E-state index in [2.05, 4.69) is 17.1 Å². The van der Waals surface area contributed by atoms with E-state index in [1.807, 2.05) is 54.6 Å². The zero-order chi connectivity index (χ0) is 20.1. The highest BCUT2D eigenvalue weighted by Crippen LogP contribution is 2.82. The fourth-order valence-corrected chi connectivity index (χ4v) is 4.74. The molecule has 0 aromatic heterocycles. The molecule has 7 heteroatoms. The molecule has 3 aliphatic rings. The van der Waals surface area contributed by atoms with Crippen LogP contribution in [-0.4, -0.2) is 25.0 Å². The van der Waals surface area contributed by atoms with E-state index in [1.54, 1.807) is 0 Å². The molecule has 0 amide bonds. The summed E-state index contributed by atoms with van der Waals surface area (Å²) < 4.78 is 17.4. The molecule has 1 saturated carbocycles. The lowest BCUT2D eigenvalue weighted by atomic mass is 9.94. The summed E-state index contributed by atoms with van der Waals surface area (Å²) in [6.45, 7) is 1.02. The standard InChI is InChI=1S/C22H18N4O3/c23-13-20-18(21(20,14-24)22(26-19(20)25)28-9-10-29-22)16-7-4-8-17(11-16)27-12-15-5-2-1-3-6-15/h1-8,11,18H,9-10,12H2,(H2,25,26). The van der Waals surface area contributed by atoms with Crippen LogP contribution in [-0.2, 0) is 16.1 Å². The lowest BCUT2D eigenvalue weighted by molar-refractivity contribution is -0.184. The third kappa shape index (κ3) is 2.09. The van der Waals surface area contributed by atoms with Crippen LogP contribution in [0.1, 0.15) is 17.0 Å². The summed E-state index contributed by atoms with van der Waals surface area (Å²) in [6, 6.07) is 21.8. The first-order valence-electron chi connectivity index (χ1n) is 9.36. The number of amidine groups is 1. The third-order valence-electron chi connectivity index (χ3n) is 6.05. The SMILES string of the molecule is N#CC12C(N)=NC3(OCCO3)C1(C#N)C2c1cccc(OCc2ccccc2)c1. The van der Waals surface area contributed by atoms with Crippen molar-refractivity contribution in [2.75, 3.05) is 13.2 Å². The van der Waals surface area contributed by atoms with Gasteiger partial charge >= 0.3 is 0 Å². The fraction of sp³-hybridized carbons (Fsp3) is 0.318. The quantitative estimate of drug-likeness (QED) is 0.863. The van der Waals surface area contributed by atoms with Crippen molar-refractivity contribution < 1.29 is 14.2 Å². The maximum atomic E-state index is 10.1. The van der Waals surface area contributed by atoms with Crippen LogP contribution in [0.5, 0.6) is 5.75 Å². The second kappa shape index (κ2) is 6.05. The van der Waals surface area contributed by atoms with Gasteiger partial charge in [-0.1, -0.05) is 42.5 Å². The molecule has 2 N–H and O–H groups in total. The van der Waals surface area contributed by atoms with Crippen molar-refractivity contribution >= 4 is 5.84 Å². The summed E-state index contributed by atoms with van der Waals surface area (Å²) in [5.74, 6) is -1.30. The van der Waals surface area contributed by atoms with Gasteiger partial charge in [-0.05, 0) is 23.3 Å². The van der Waals surface area contributed by atoms with Gasteiger partial charge in [0.1, 0.15) is 23.6 Å². The minimum absolute atomic E-state index is 0.0871. The highest BCUT2D eigenvalue weighted by atomic mass is 16.8. The second-order valence-electron chi connectivity index (χ2n) is 7.40. The molecule has 3 unspecified atom stereocenters. The molecule has 0 bridgehead atoms. The lowest BCUT2D eigenvalue weighted by Gasteiger charge is -2.25. The first-order valence-corrected chi connectivity index (χ1v) is 9.36. The van der Waals surface area contributed by atoms with Crippen LogP contribution >= 0.6 is 0 Å². The van der Waals surface area contributed by atoms with Gasteiger partial charge in [0.15, 0.2) is 5.41 Å². The Bertz CT molecular complexity index is 1080. The Morgan fingerprint density at radius 1 is 1.07 bits per heavy atom. The third-order valence-corrected chi connectivity index (χ3v) is 6.05. The normalized spacial score (nSPS) is 30.8. The molecular formula is C22H18N4O3. The number of hydrogen-bond acceptors (Lipinski definition) is 7. The number of aliphatic imine (C=N–C) groups is 1. The molecular weight excluding hydrogens is 368 g/mol. The molecule has 1 aliphatic carbocycles. The van der Waals surface area contributed by atoms with Gasteiger partial charge < -0.3 is 19.9 Å². The highest BCUT2D eigenvalue weighted by molar-refractivity contribution is 6.00. The van der Waals surface area contributed by atoms with E-state index >= 15 is 0 Å². The number of nitriles is 2. The van der Waals surface area contributed by atoms with Gasteiger partial charge in [-0.15, -0.1) is 0 Å². The fourth-order valence-electron chi connectivity index (χ4n) is 4.74. The molecule has 2 heterocycles. The molecule has 1 spiro atoms. The molecule has 2 aromatic carbocycles. The van der Waals surface area contributed by atoms with Crippen LogP contribution in [0.4, 0.5) is 0 Å². The van der Waals surface area contributed by atoms with Gasteiger partial charge in [-0.25, -0.2) is 4.99 Å². The van der Waals surface area contributed by atoms with Crippen molar-refractivity contribution in [3.63, 3.8) is 0 Å². The Morgan fingerprint density at radius 2 is 1.83 bits per heavy atom. The predicted octanol–water partition coefficient (Wildman–Crippen LogP) is 2.45. The van der Waals surface area contributed by atoms with E-state index in [0.717, 1.165) is 11.1 Å². The van der Waals surface area contributed by atoms with Crippen molar-refractivity contribution in [3.05, 3.63) is 65.7 Å². The highest BCUT2D eigenvalue weighted by Gasteiger charge is 2.94. The molecule has 5 rings (SSSR count). The van der Waals surface area contributed by atoms with E-state index in [1.165, 1.54) is 0 Å². The number of hydrogen-bond donors (Lipinski definition) is 1. The van der Waals surface area contributed by atoms with Crippen molar-refractivity contribution in [1.82, 2.24) is 0 Å². The Labute approximate surface area is 167 Å². The maximum Gasteiger partial charge on any atom is 0.293 e. The molecule has 2 fully saturated rings. The van der Waals surface area contributed by atoms with Crippen LogP contribution in [0.2, 0.25) is 0 Å². The zero-order valence-corrected chi connectivity index (χ0v) is 15.5. The van der Waals surface area contributed by atoms with E-state index in [9.17, 15) is 10.5 Å². The monoisotopic (exact) mass is 386 g/mol. The Hall–Kier alpha value is -3.39. The van der Waals surface area contributed by atoms with Gasteiger partial charge in [-0.2, -0.15) is 10.5 Å². The Morgan fingerprint density at radius 3 is 2.52 bits per heavy atom. The van der Waals surface area contributed by atoms with Gasteiger partial charge in [0.2, 0.25) is 0 Å². The predicted molar refractivity (Wildman–Crippen MR) is 102 cm³/mol. The average Bonchev–Trinajstić information content (AvgIpc) is 3.02. The molecule has 2 aliphatic heterocycles. The maximum absolute atomic E-state index is 10.1. The molecule has 144 valence electrons. The number of fused-ring (bicyclic) bond motifs is 2. The van der Waals surface area contributed by atoms with Crippen LogP contribution < -0.4 is 10.5 Å². The minimum atomic E-state index is -1.52. The van der Waals surface area contributed by atoms with E-state index in [4.69, 9.17) is 19.9 Å². The number of benzene rings is 2. The zero-order valence-electron chi connectivity index (χ0n) is 15.5. The number of nitrogens with two attached hydrogens (primary N) is 1. The number of ether oxygens (including phenoxy) is 3. The van der Waals surface area contributed by atoms with Gasteiger partial charge in [0.05, 0.1) is 25.4 Å². The number of rotatable bonds is 4. The summed E-state index contributed by atoms with van der Waals surface area (Å²) >= 11 is 0. The van der Waals surface area contributed by atoms with Crippen LogP contribution in [0.25, 0.3) is 0 Å². The van der Waals surface area contributed by atoms with Crippen LogP contribution in [0.15, 0.2) is 59.6 Å². The second-order valence-corrected chi connectivity index (χ2v) is 7.40. The average molecular weight is 386 g/mol. The molecule has 2 aromatic rings. The lowest BCUT2D eigenvalue weighted by Crippen LogP contribution is -2.38. The van der Waals surface area contributed by atoms with Gasteiger partial charge in [-0.3, -0.25) is 0 Å². The van der Waals surface area contributed by atoms with Gasteiger partial charge in [0.25, 0.3) is 5.91 Å².